The van der Waals surface area contributed by atoms with Crippen LogP contribution in [0.2, 0.25) is 0 Å². The van der Waals surface area contributed by atoms with Gasteiger partial charge in [0.15, 0.2) is 11.2 Å². The second-order valence-electron chi connectivity index (χ2n) is 6.65. The number of likely N-dealkylation sites (tertiary alicyclic amines) is 1. The molecule has 3 rings (SSSR count). The second kappa shape index (κ2) is 7.55. The van der Waals surface area contributed by atoms with Crippen LogP contribution in [0.3, 0.4) is 0 Å². The molecule has 132 valence electrons. The Balaban J connectivity index is 1.61. The van der Waals surface area contributed by atoms with Crippen molar-refractivity contribution in [2.75, 3.05) is 19.7 Å². The lowest BCUT2D eigenvalue weighted by Gasteiger charge is -2.32. The summed E-state index contributed by atoms with van der Waals surface area (Å²) in [5.74, 6) is 1.47. The number of hydrogen-bond donors (Lipinski definition) is 0. The van der Waals surface area contributed by atoms with Gasteiger partial charge in [-0.1, -0.05) is 17.7 Å². The minimum absolute atomic E-state index is 0.116. The molecule has 0 aliphatic carbocycles. The fraction of sp³-hybridized carbons (Fsp3) is 0.400. The quantitative estimate of drug-likeness (QED) is 0.857. The molecule has 0 radical (unpaired) electrons. The zero-order valence-electron chi connectivity index (χ0n) is 14.7. The zero-order valence-corrected chi connectivity index (χ0v) is 14.7. The van der Waals surface area contributed by atoms with Crippen LogP contribution < -0.4 is 10.2 Å². The van der Waals surface area contributed by atoms with Gasteiger partial charge in [-0.3, -0.25) is 9.59 Å². The minimum atomic E-state index is -0.221. The van der Waals surface area contributed by atoms with E-state index in [4.69, 9.17) is 9.15 Å². The van der Waals surface area contributed by atoms with Gasteiger partial charge in [-0.15, -0.1) is 0 Å². The van der Waals surface area contributed by atoms with Gasteiger partial charge < -0.3 is 14.1 Å². The number of carbonyl (C=O) groups is 1. The third kappa shape index (κ3) is 4.50. The second-order valence-corrected chi connectivity index (χ2v) is 6.65. The maximum absolute atomic E-state index is 12.6. The highest BCUT2D eigenvalue weighted by Crippen LogP contribution is 2.20. The van der Waals surface area contributed by atoms with Crippen LogP contribution in [0.4, 0.5) is 0 Å². The van der Waals surface area contributed by atoms with Gasteiger partial charge in [0, 0.05) is 31.1 Å². The normalized spacial score (nSPS) is 17.4. The summed E-state index contributed by atoms with van der Waals surface area (Å²) >= 11 is 0. The molecule has 0 saturated carbocycles. The first kappa shape index (κ1) is 17.3. The zero-order chi connectivity index (χ0) is 17.8. The van der Waals surface area contributed by atoms with Gasteiger partial charge in [0.25, 0.3) is 5.91 Å². The highest BCUT2D eigenvalue weighted by atomic mass is 16.5. The van der Waals surface area contributed by atoms with Crippen LogP contribution in [0.15, 0.2) is 45.6 Å². The van der Waals surface area contributed by atoms with E-state index in [0.717, 1.165) is 18.6 Å². The Hall–Kier alpha value is -2.56. The van der Waals surface area contributed by atoms with Gasteiger partial charge in [-0.2, -0.15) is 0 Å². The van der Waals surface area contributed by atoms with Crippen molar-refractivity contribution >= 4 is 5.91 Å². The van der Waals surface area contributed by atoms with E-state index in [9.17, 15) is 9.59 Å². The number of nitrogens with zero attached hydrogens (tertiary/aromatic N) is 1. The summed E-state index contributed by atoms with van der Waals surface area (Å²) in [7, 11) is 0. The van der Waals surface area contributed by atoms with Crippen LogP contribution in [-0.4, -0.2) is 30.5 Å². The number of benzene rings is 1. The number of aryl methyl sites for hydroxylation is 2. The monoisotopic (exact) mass is 341 g/mol. The van der Waals surface area contributed by atoms with Gasteiger partial charge >= 0.3 is 0 Å². The smallest absolute Gasteiger partial charge is 0.289 e. The topological polar surface area (TPSA) is 59.8 Å². The molecule has 0 bridgehead atoms. The third-order valence-corrected chi connectivity index (χ3v) is 4.41. The van der Waals surface area contributed by atoms with E-state index in [1.54, 1.807) is 11.8 Å². The summed E-state index contributed by atoms with van der Waals surface area (Å²) in [4.78, 5) is 26.0. The summed E-state index contributed by atoms with van der Waals surface area (Å²) < 4.78 is 11.3. The lowest BCUT2D eigenvalue weighted by molar-refractivity contribution is 0.0598. The number of hydrogen-bond acceptors (Lipinski definition) is 4. The van der Waals surface area contributed by atoms with E-state index in [-0.39, 0.29) is 23.0 Å². The standard InChI is InChI=1S/C20H23NO4/c1-14-5-7-18(8-6-14)24-13-16-4-3-9-21(12-16)20(23)19-11-17(22)10-15(2)25-19/h5-8,10-11,16H,3-4,9,12-13H2,1-2H3/t16-/m0/s1. The van der Waals surface area contributed by atoms with Crippen molar-refractivity contribution in [2.45, 2.75) is 26.7 Å². The highest BCUT2D eigenvalue weighted by molar-refractivity contribution is 5.91. The van der Waals surface area contributed by atoms with Gasteiger partial charge in [0.05, 0.1) is 6.61 Å². The van der Waals surface area contributed by atoms with Gasteiger partial charge in [-0.25, -0.2) is 0 Å². The number of amides is 1. The van der Waals surface area contributed by atoms with Crippen molar-refractivity contribution in [1.82, 2.24) is 4.90 Å². The molecule has 0 unspecified atom stereocenters. The predicted molar refractivity (Wildman–Crippen MR) is 95.0 cm³/mol. The van der Waals surface area contributed by atoms with E-state index in [2.05, 4.69) is 0 Å². The highest BCUT2D eigenvalue weighted by Gasteiger charge is 2.26. The molecular formula is C20H23NO4. The average Bonchev–Trinajstić information content (AvgIpc) is 2.60. The largest absolute Gasteiger partial charge is 0.493 e. The summed E-state index contributed by atoms with van der Waals surface area (Å²) in [5, 5.41) is 0. The van der Waals surface area contributed by atoms with E-state index in [0.29, 0.717) is 25.5 Å². The van der Waals surface area contributed by atoms with Crippen LogP contribution in [0.25, 0.3) is 0 Å². The Morgan fingerprint density at radius 2 is 2.00 bits per heavy atom. The predicted octanol–water partition coefficient (Wildman–Crippen LogP) is 3.19. The van der Waals surface area contributed by atoms with E-state index in [1.165, 1.54) is 17.7 Å². The molecule has 5 heteroatoms. The van der Waals surface area contributed by atoms with Crippen molar-refractivity contribution in [3.63, 3.8) is 0 Å². The first-order valence-electron chi connectivity index (χ1n) is 8.62. The molecule has 0 spiro atoms. The molecule has 1 saturated heterocycles. The first-order chi connectivity index (χ1) is 12.0. The van der Waals surface area contributed by atoms with E-state index >= 15 is 0 Å². The lowest BCUT2D eigenvalue weighted by Crippen LogP contribution is -2.41. The van der Waals surface area contributed by atoms with Crippen molar-refractivity contribution in [3.8, 4) is 5.75 Å². The molecule has 5 nitrogen and oxygen atoms in total. The molecule has 25 heavy (non-hydrogen) atoms. The van der Waals surface area contributed by atoms with Crippen molar-refractivity contribution in [1.29, 1.82) is 0 Å². The molecule has 0 N–H and O–H groups in total. The maximum Gasteiger partial charge on any atom is 0.289 e. The summed E-state index contributed by atoms with van der Waals surface area (Å²) in [6.07, 6.45) is 1.94. The van der Waals surface area contributed by atoms with Crippen LogP contribution in [0.5, 0.6) is 5.75 Å². The number of carbonyl (C=O) groups excluding carboxylic acids is 1. The summed E-state index contributed by atoms with van der Waals surface area (Å²) in [6.45, 7) is 5.58. The van der Waals surface area contributed by atoms with Crippen molar-refractivity contribution in [3.05, 3.63) is 63.7 Å². The van der Waals surface area contributed by atoms with Crippen molar-refractivity contribution in [2.24, 2.45) is 5.92 Å². The van der Waals surface area contributed by atoms with Crippen molar-refractivity contribution < 1.29 is 13.9 Å². The third-order valence-electron chi connectivity index (χ3n) is 4.41. The molecule has 1 aliphatic heterocycles. The van der Waals surface area contributed by atoms with Crippen LogP contribution >= 0.6 is 0 Å². The molecule has 1 atom stereocenters. The van der Waals surface area contributed by atoms with Gasteiger partial charge in [0.2, 0.25) is 0 Å². The molecule has 2 heterocycles. The molecule has 1 amide bonds. The fourth-order valence-corrected chi connectivity index (χ4v) is 3.10. The van der Waals surface area contributed by atoms with Crippen LogP contribution in [-0.2, 0) is 0 Å². The Labute approximate surface area is 147 Å². The molecule has 1 aromatic carbocycles. The average molecular weight is 341 g/mol. The molecule has 2 aromatic rings. The maximum atomic E-state index is 12.6. The van der Waals surface area contributed by atoms with Crippen LogP contribution in [0, 0.1) is 19.8 Å². The van der Waals surface area contributed by atoms with Gasteiger partial charge in [-0.05, 0) is 38.8 Å². The Kier molecular flexibility index (Phi) is 5.22. The molecule has 1 fully saturated rings. The summed E-state index contributed by atoms with van der Waals surface area (Å²) in [6, 6.07) is 10.6. The molecule has 1 aromatic heterocycles. The first-order valence-corrected chi connectivity index (χ1v) is 8.62. The lowest BCUT2D eigenvalue weighted by atomic mass is 9.98. The molecule has 1 aliphatic rings. The van der Waals surface area contributed by atoms with Gasteiger partial charge in [0.1, 0.15) is 11.5 Å². The Morgan fingerprint density at radius 3 is 2.72 bits per heavy atom. The SMILES string of the molecule is Cc1ccc(OC[C@H]2CCCN(C(=O)c3cc(=O)cc(C)o3)C2)cc1. The van der Waals surface area contributed by atoms with E-state index in [1.807, 2.05) is 31.2 Å². The number of piperidine rings is 1. The Morgan fingerprint density at radius 1 is 1.24 bits per heavy atom. The fourth-order valence-electron chi connectivity index (χ4n) is 3.10. The number of rotatable bonds is 4. The van der Waals surface area contributed by atoms with Crippen LogP contribution in [0.1, 0.15) is 34.7 Å². The number of ether oxygens (including phenoxy) is 1. The Bertz CT molecular complexity index is 794. The van der Waals surface area contributed by atoms with E-state index < -0.39 is 0 Å². The molecular weight excluding hydrogens is 318 g/mol. The minimum Gasteiger partial charge on any atom is -0.493 e. The summed E-state index contributed by atoms with van der Waals surface area (Å²) in [5.41, 5.74) is 0.991.